The first-order chi connectivity index (χ1) is 16.3. The van der Waals surface area contributed by atoms with E-state index in [9.17, 15) is 14.4 Å². The number of methoxy groups -OCH3 is 1. The highest BCUT2D eigenvalue weighted by Crippen LogP contribution is 2.31. The molecule has 2 heterocycles. The Morgan fingerprint density at radius 1 is 1.24 bits per heavy atom. The molecule has 1 N–H and O–H groups in total. The van der Waals surface area contributed by atoms with Crippen LogP contribution in [0.15, 0.2) is 56.4 Å². The van der Waals surface area contributed by atoms with Crippen LogP contribution in [0.4, 0.5) is 5.69 Å². The van der Waals surface area contributed by atoms with Crippen LogP contribution in [0.3, 0.4) is 0 Å². The molecule has 176 valence electrons. The standard InChI is InChI=1S/C23H21ClN4O4S2/c1-4-33-22-26-20-19(34-22)21(30)28(14-8-6-5-7-9-14)23(31)27(20)12-18(29)25-16-10-13(2)15(24)11-17(16)32-3/h5-11H,4,12H2,1-3H3,(H,25,29). The van der Waals surface area contributed by atoms with Gasteiger partial charge in [0.1, 0.15) is 17.0 Å². The number of carbonyl (C=O) groups is 1. The quantitative estimate of drug-likeness (QED) is 0.367. The molecule has 0 saturated heterocycles. The molecular weight excluding hydrogens is 496 g/mol. The summed E-state index contributed by atoms with van der Waals surface area (Å²) in [7, 11) is 1.47. The number of hydrogen-bond donors (Lipinski definition) is 1. The summed E-state index contributed by atoms with van der Waals surface area (Å²) < 4.78 is 8.59. The highest BCUT2D eigenvalue weighted by atomic mass is 35.5. The summed E-state index contributed by atoms with van der Waals surface area (Å²) in [5.41, 5.74) is 0.695. The van der Waals surface area contributed by atoms with Gasteiger partial charge in [-0.2, -0.15) is 0 Å². The van der Waals surface area contributed by atoms with Gasteiger partial charge >= 0.3 is 5.69 Å². The van der Waals surface area contributed by atoms with Crippen molar-refractivity contribution in [3.05, 3.63) is 73.9 Å². The molecule has 2 aromatic heterocycles. The number of benzene rings is 2. The lowest BCUT2D eigenvalue weighted by Gasteiger charge is -2.14. The fourth-order valence-electron chi connectivity index (χ4n) is 3.41. The van der Waals surface area contributed by atoms with Crippen molar-refractivity contribution in [3.8, 4) is 11.4 Å². The van der Waals surface area contributed by atoms with Gasteiger partial charge in [0.15, 0.2) is 9.99 Å². The van der Waals surface area contributed by atoms with Crippen LogP contribution in [-0.2, 0) is 11.3 Å². The number of carbonyl (C=O) groups excluding carboxylic acids is 1. The summed E-state index contributed by atoms with van der Waals surface area (Å²) >= 11 is 8.84. The van der Waals surface area contributed by atoms with E-state index in [1.54, 1.807) is 42.5 Å². The molecule has 0 aliphatic carbocycles. The van der Waals surface area contributed by atoms with Gasteiger partial charge in [-0.15, -0.1) is 11.3 Å². The molecule has 0 atom stereocenters. The van der Waals surface area contributed by atoms with E-state index < -0.39 is 17.2 Å². The predicted octanol–water partition coefficient (Wildman–Crippen LogP) is 4.33. The van der Waals surface area contributed by atoms with E-state index in [-0.39, 0.29) is 12.2 Å². The average Bonchev–Trinajstić information content (AvgIpc) is 3.24. The SMILES string of the molecule is CCSc1nc2c(s1)c(=O)n(-c1ccccc1)c(=O)n2CC(=O)Nc1cc(C)c(Cl)cc1OC. The second-order valence-corrected chi connectivity index (χ2v) is 10.2. The second kappa shape index (κ2) is 10.0. The minimum absolute atomic E-state index is 0.192. The maximum atomic E-state index is 13.4. The van der Waals surface area contributed by atoms with Crippen LogP contribution < -0.4 is 21.3 Å². The number of rotatable bonds is 7. The maximum absolute atomic E-state index is 13.4. The molecule has 0 radical (unpaired) electrons. The van der Waals surface area contributed by atoms with E-state index >= 15 is 0 Å². The number of fused-ring (bicyclic) bond motifs is 1. The number of nitrogens with one attached hydrogen (secondary N) is 1. The van der Waals surface area contributed by atoms with Crippen LogP contribution in [0.2, 0.25) is 5.02 Å². The third-order valence-corrected chi connectivity index (χ3v) is 7.47. The van der Waals surface area contributed by atoms with Crippen molar-refractivity contribution in [1.29, 1.82) is 0 Å². The molecule has 0 saturated carbocycles. The Bertz CT molecular complexity index is 1500. The van der Waals surface area contributed by atoms with Crippen molar-refractivity contribution in [1.82, 2.24) is 14.1 Å². The Balaban J connectivity index is 1.82. The Morgan fingerprint density at radius 2 is 1.97 bits per heavy atom. The maximum Gasteiger partial charge on any atom is 0.337 e. The van der Waals surface area contributed by atoms with E-state index in [1.165, 1.54) is 34.8 Å². The van der Waals surface area contributed by atoms with Crippen molar-refractivity contribution in [2.24, 2.45) is 0 Å². The molecule has 8 nitrogen and oxygen atoms in total. The minimum Gasteiger partial charge on any atom is -0.495 e. The molecule has 4 rings (SSSR count). The highest BCUT2D eigenvalue weighted by Gasteiger charge is 2.21. The number of aromatic nitrogens is 3. The lowest BCUT2D eigenvalue weighted by atomic mass is 10.2. The van der Waals surface area contributed by atoms with E-state index in [1.807, 2.05) is 13.8 Å². The number of hydrogen-bond acceptors (Lipinski definition) is 7. The van der Waals surface area contributed by atoms with Gasteiger partial charge in [-0.1, -0.05) is 48.5 Å². The zero-order chi connectivity index (χ0) is 24.4. The van der Waals surface area contributed by atoms with E-state index in [2.05, 4.69) is 10.3 Å². The molecule has 0 aliphatic heterocycles. The molecule has 0 bridgehead atoms. The molecule has 0 aliphatic rings. The van der Waals surface area contributed by atoms with Crippen molar-refractivity contribution in [2.45, 2.75) is 24.7 Å². The highest BCUT2D eigenvalue weighted by molar-refractivity contribution is 8.01. The molecular formula is C23H21ClN4O4S2. The number of nitrogens with zero attached hydrogens (tertiary/aromatic N) is 3. The van der Waals surface area contributed by atoms with E-state index in [0.29, 0.717) is 31.2 Å². The summed E-state index contributed by atoms with van der Waals surface area (Å²) in [4.78, 5) is 44.2. The van der Waals surface area contributed by atoms with Gasteiger partial charge < -0.3 is 10.1 Å². The Hall–Kier alpha value is -3.08. The zero-order valence-electron chi connectivity index (χ0n) is 18.6. The molecule has 0 spiro atoms. The molecule has 34 heavy (non-hydrogen) atoms. The smallest absolute Gasteiger partial charge is 0.337 e. The van der Waals surface area contributed by atoms with Gasteiger partial charge in [0.2, 0.25) is 5.91 Å². The molecule has 1 amide bonds. The Labute approximate surface area is 208 Å². The number of para-hydroxylation sites is 1. The summed E-state index contributed by atoms with van der Waals surface area (Å²) in [6.07, 6.45) is 0. The fraction of sp³-hybridized carbons (Fsp3) is 0.217. The topological polar surface area (TPSA) is 95.2 Å². The predicted molar refractivity (Wildman–Crippen MR) is 137 cm³/mol. The van der Waals surface area contributed by atoms with Gasteiger partial charge in [0, 0.05) is 11.1 Å². The van der Waals surface area contributed by atoms with Gasteiger partial charge in [-0.25, -0.2) is 14.3 Å². The molecule has 2 aromatic carbocycles. The van der Waals surface area contributed by atoms with Crippen LogP contribution in [-0.4, -0.2) is 32.9 Å². The number of thioether (sulfide) groups is 1. The number of amides is 1. The zero-order valence-corrected chi connectivity index (χ0v) is 21.0. The van der Waals surface area contributed by atoms with Gasteiger partial charge in [0.25, 0.3) is 5.56 Å². The number of aryl methyl sites for hydroxylation is 1. The molecule has 11 heteroatoms. The summed E-state index contributed by atoms with van der Waals surface area (Å²) in [6.45, 7) is 3.44. The summed E-state index contributed by atoms with van der Waals surface area (Å²) in [5.74, 6) is 0.679. The van der Waals surface area contributed by atoms with Crippen molar-refractivity contribution < 1.29 is 9.53 Å². The van der Waals surface area contributed by atoms with Crippen LogP contribution in [0, 0.1) is 6.92 Å². The van der Waals surface area contributed by atoms with Crippen molar-refractivity contribution in [2.75, 3.05) is 18.2 Å². The molecule has 0 fully saturated rings. The Kier molecular flexibility index (Phi) is 7.11. The van der Waals surface area contributed by atoms with Crippen LogP contribution in [0.25, 0.3) is 16.0 Å². The number of halogens is 1. The van der Waals surface area contributed by atoms with Crippen LogP contribution in [0.1, 0.15) is 12.5 Å². The number of ether oxygens (including phenoxy) is 1. The lowest BCUT2D eigenvalue weighted by Crippen LogP contribution is -2.40. The van der Waals surface area contributed by atoms with Gasteiger partial charge in [-0.3, -0.25) is 14.2 Å². The molecule has 4 aromatic rings. The first-order valence-electron chi connectivity index (χ1n) is 10.3. The first-order valence-corrected chi connectivity index (χ1v) is 12.5. The minimum atomic E-state index is -0.642. The van der Waals surface area contributed by atoms with Crippen LogP contribution in [0.5, 0.6) is 5.75 Å². The van der Waals surface area contributed by atoms with E-state index in [0.717, 1.165) is 15.9 Å². The van der Waals surface area contributed by atoms with Gasteiger partial charge in [-0.05, 0) is 36.4 Å². The van der Waals surface area contributed by atoms with Gasteiger partial charge in [0.05, 0.1) is 18.5 Å². The summed E-state index contributed by atoms with van der Waals surface area (Å²) in [5, 5.41) is 3.28. The van der Waals surface area contributed by atoms with Crippen LogP contribution >= 0.6 is 34.7 Å². The van der Waals surface area contributed by atoms with E-state index in [4.69, 9.17) is 16.3 Å². The summed E-state index contributed by atoms with van der Waals surface area (Å²) in [6, 6.07) is 11.9. The number of thiazole rings is 1. The average molecular weight is 517 g/mol. The van der Waals surface area contributed by atoms with Crippen molar-refractivity contribution >= 4 is 56.6 Å². The normalized spacial score (nSPS) is 11.1. The largest absolute Gasteiger partial charge is 0.495 e. The number of anilines is 1. The third-order valence-electron chi connectivity index (χ3n) is 5.00. The third kappa shape index (κ3) is 4.61. The lowest BCUT2D eigenvalue weighted by molar-refractivity contribution is -0.116. The second-order valence-electron chi connectivity index (χ2n) is 7.26. The first kappa shape index (κ1) is 24.1. The fourth-order valence-corrected chi connectivity index (χ4v) is 5.53. The Morgan fingerprint density at radius 3 is 2.65 bits per heavy atom. The molecule has 0 unspecified atom stereocenters. The monoisotopic (exact) mass is 516 g/mol. The van der Waals surface area contributed by atoms with Crippen molar-refractivity contribution in [3.63, 3.8) is 0 Å².